The van der Waals surface area contributed by atoms with Gasteiger partial charge in [0.25, 0.3) is 5.88 Å². The maximum absolute atomic E-state index is 14.4. The van der Waals surface area contributed by atoms with E-state index in [-0.39, 0.29) is 29.5 Å². The van der Waals surface area contributed by atoms with Crippen molar-refractivity contribution in [3.63, 3.8) is 0 Å². The molecule has 30 heavy (non-hydrogen) atoms. The summed E-state index contributed by atoms with van der Waals surface area (Å²) in [5.41, 5.74) is 0.610. The van der Waals surface area contributed by atoms with Gasteiger partial charge in [0.15, 0.2) is 11.6 Å². The van der Waals surface area contributed by atoms with Crippen LogP contribution in [0.5, 0.6) is 11.6 Å². The van der Waals surface area contributed by atoms with Gasteiger partial charge >= 0.3 is 5.56 Å². The van der Waals surface area contributed by atoms with Gasteiger partial charge in [0.05, 0.1) is 18.9 Å². The van der Waals surface area contributed by atoms with Crippen LogP contribution in [0, 0.1) is 17.0 Å². The largest absolute Gasteiger partial charge is 0.490 e. The molecular formula is C23H24F2N2O3. The Bertz CT molecular complexity index is 1060. The Kier molecular flexibility index (Phi) is 6.50. The summed E-state index contributed by atoms with van der Waals surface area (Å²) in [6.45, 7) is 6.55. The number of aromatic nitrogens is 2. The molecule has 0 N–H and O–H groups in total. The standard InChI is InChI=1S/C23H24F2N2O3/c1-23(2,3)15-30-20-9-8-18(14-19(20)25)27-12-11-26-21(22(27)28)29-13-10-16-4-6-17(24)7-5-16/h4-9,11-12,14H,10,13,15H2,1-3H3. The van der Waals surface area contributed by atoms with E-state index < -0.39 is 11.4 Å². The highest BCUT2D eigenvalue weighted by atomic mass is 19.1. The summed E-state index contributed by atoms with van der Waals surface area (Å²) < 4.78 is 39.7. The van der Waals surface area contributed by atoms with Crippen LogP contribution < -0.4 is 15.0 Å². The molecular weight excluding hydrogens is 390 g/mol. The molecule has 2 aromatic carbocycles. The number of hydrogen-bond donors (Lipinski definition) is 0. The zero-order valence-electron chi connectivity index (χ0n) is 17.2. The van der Waals surface area contributed by atoms with Crippen LogP contribution in [-0.4, -0.2) is 22.8 Å². The molecule has 0 fully saturated rings. The van der Waals surface area contributed by atoms with E-state index in [2.05, 4.69) is 4.98 Å². The normalized spacial score (nSPS) is 11.4. The topological polar surface area (TPSA) is 53.4 Å². The van der Waals surface area contributed by atoms with E-state index >= 15 is 0 Å². The van der Waals surface area contributed by atoms with E-state index in [0.717, 1.165) is 5.56 Å². The summed E-state index contributed by atoms with van der Waals surface area (Å²) in [6.07, 6.45) is 3.35. The molecule has 0 atom stereocenters. The molecule has 3 rings (SSSR count). The van der Waals surface area contributed by atoms with E-state index in [1.165, 1.54) is 41.2 Å². The monoisotopic (exact) mass is 414 g/mol. The van der Waals surface area contributed by atoms with Gasteiger partial charge in [0.2, 0.25) is 0 Å². The first kappa shape index (κ1) is 21.5. The van der Waals surface area contributed by atoms with Crippen LogP contribution in [0.15, 0.2) is 59.7 Å². The van der Waals surface area contributed by atoms with Gasteiger partial charge in [0, 0.05) is 24.9 Å². The lowest BCUT2D eigenvalue weighted by atomic mass is 9.99. The number of halogens is 2. The molecule has 0 bridgehead atoms. The lowest BCUT2D eigenvalue weighted by Gasteiger charge is -2.19. The second-order valence-corrected chi connectivity index (χ2v) is 8.10. The first-order chi connectivity index (χ1) is 14.2. The maximum atomic E-state index is 14.4. The average Bonchev–Trinajstić information content (AvgIpc) is 2.69. The van der Waals surface area contributed by atoms with Crippen LogP contribution in [0.3, 0.4) is 0 Å². The molecule has 0 aliphatic carbocycles. The fourth-order valence-electron chi connectivity index (χ4n) is 2.66. The molecule has 0 aliphatic rings. The zero-order chi connectivity index (χ0) is 21.7. The van der Waals surface area contributed by atoms with Crippen LogP contribution >= 0.6 is 0 Å². The highest BCUT2D eigenvalue weighted by Crippen LogP contribution is 2.23. The minimum absolute atomic E-state index is 0.0897. The summed E-state index contributed by atoms with van der Waals surface area (Å²) in [4.78, 5) is 16.7. The summed E-state index contributed by atoms with van der Waals surface area (Å²) in [5.74, 6) is -0.826. The minimum Gasteiger partial charge on any atom is -0.490 e. The van der Waals surface area contributed by atoms with E-state index in [9.17, 15) is 13.6 Å². The Labute approximate surface area is 173 Å². The van der Waals surface area contributed by atoms with Crippen LogP contribution in [0.2, 0.25) is 0 Å². The van der Waals surface area contributed by atoms with Gasteiger partial charge in [-0.15, -0.1) is 0 Å². The quantitative estimate of drug-likeness (QED) is 0.569. The van der Waals surface area contributed by atoms with E-state index in [0.29, 0.717) is 18.7 Å². The number of hydrogen-bond acceptors (Lipinski definition) is 4. The third-order valence-electron chi connectivity index (χ3n) is 4.21. The molecule has 0 amide bonds. The Balaban J connectivity index is 1.71. The zero-order valence-corrected chi connectivity index (χ0v) is 17.2. The van der Waals surface area contributed by atoms with Gasteiger partial charge in [-0.05, 0) is 35.2 Å². The maximum Gasteiger partial charge on any atom is 0.317 e. The number of benzene rings is 2. The van der Waals surface area contributed by atoms with Crippen LogP contribution in [0.1, 0.15) is 26.3 Å². The molecule has 0 spiro atoms. The smallest absolute Gasteiger partial charge is 0.317 e. The second kappa shape index (κ2) is 9.07. The Morgan fingerprint density at radius 3 is 2.43 bits per heavy atom. The summed E-state index contributed by atoms with van der Waals surface area (Å²) in [5, 5.41) is 0. The van der Waals surface area contributed by atoms with E-state index in [1.807, 2.05) is 20.8 Å². The fourth-order valence-corrected chi connectivity index (χ4v) is 2.66. The third kappa shape index (κ3) is 5.65. The summed E-state index contributed by atoms with van der Waals surface area (Å²) >= 11 is 0. The molecule has 0 unspecified atom stereocenters. The Morgan fingerprint density at radius 2 is 1.77 bits per heavy atom. The molecule has 7 heteroatoms. The van der Waals surface area contributed by atoms with Gasteiger partial charge < -0.3 is 9.47 Å². The first-order valence-electron chi connectivity index (χ1n) is 9.60. The minimum atomic E-state index is -0.556. The van der Waals surface area contributed by atoms with Crippen LogP contribution in [0.4, 0.5) is 8.78 Å². The second-order valence-electron chi connectivity index (χ2n) is 8.10. The molecule has 1 heterocycles. The molecule has 5 nitrogen and oxygen atoms in total. The van der Waals surface area contributed by atoms with Crippen molar-refractivity contribution in [1.29, 1.82) is 0 Å². The van der Waals surface area contributed by atoms with Gasteiger partial charge in [0.1, 0.15) is 5.82 Å². The van der Waals surface area contributed by atoms with Gasteiger partial charge in [-0.3, -0.25) is 9.36 Å². The molecule has 0 saturated carbocycles. The van der Waals surface area contributed by atoms with Crippen molar-refractivity contribution in [2.45, 2.75) is 27.2 Å². The van der Waals surface area contributed by atoms with Crippen molar-refractivity contribution in [1.82, 2.24) is 9.55 Å². The predicted octanol–water partition coefficient (Wildman–Crippen LogP) is 4.56. The molecule has 0 aliphatic heterocycles. The van der Waals surface area contributed by atoms with Gasteiger partial charge in [-0.1, -0.05) is 32.9 Å². The lowest BCUT2D eigenvalue weighted by molar-refractivity contribution is 0.191. The molecule has 3 aromatic rings. The number of nitrogens with zero attached hydrogens (tertiary/aromatic N) is 2. The average molecular weight is 414 g/mol. The van der Waals surface area contributed by atoms with Crippen molar-refractivity contribution in [2.24, 2.45) is 5.41 Å². The van der Waals surface area contributed by atoms with Crippen molar-refractivity contribution in [2.75, 3.05) is 13.2 Å². The molecule has 1 aromatic heterocycles. The Hall–Kier alpha value is -3.22. The van der Waals surface area contributed by atoms with Crippen LogP contribution in [-0.2, 0) is 6.42 Å². The highest BCUT2D eigenvalue weighted by Gasteiger charge is 2.14. The Morgan fingerprint density at radius 1 is 1.03 bits per heavy atom. The third-order valence-corrected chi connectivity index (χ3v) is 4.21. The van der Waals surface area contributed by atoms with Crippen molar-refractivity contribution >= 4 is 0 Å². The first-order valence-corrected chi connectivity index (χ1v) is 9.60. The summed E-state index contributed by atoms with van der Waals surface area (Å²) in [6, 6.07) is 10.4. The van der Waals surface area contributed by atoms with Crippen molar-refractivity contribution < 1.29 is 18.3 Å². The van der Waals surface area contributed by atoms with E-state index in [4.69, 9.17) is 9.47 Å². The number of ether oxygens (including phenoxy) is 2. The van der Waals surface area contributed by atoms with Gasteiger partial charge in [-0.25, -0.2) is 13.8 Å². The predicted molar refractivity (Wildman–Crippen MR) is 110 cm³/mol. The van der Waals surface area contributed by atoms with Crippen molar-refractivity contribution in [3.05, 3.63) is 82.4 Å². The fraction of sp³-hybridized carbons (Fsp3) is 0.304. The molecule has 0 saturated heterocycles. The van der Waals surface area contributed by atoms with Gasteiger partial charge in [-0.2, -0.15) is 0 Å². The molecule has 158 valence electrons. The SMILES string of the molecule is CC(C)(C)COc1ccc(-n2ccnc(OCCc3ccc(F)cc3)c2=O)cc1F. The van der Waals surface area contributed by atoms with Crippen LogP contribution in [0.25, 0.3) is 5.69 Å². The highest BCUT2D eigenvalue weighted by molar-refractivity contribution is 5.39. The lowest BCUT2D eigenvalue weighted by Crippen LogP contribution is -2.22. The summed E-state index contributed by atoms with van der Waals surface area (Å²) in [7, 11) is 0. The van der Waals surface area contributed by atoms with E-state index in [1.54, 1.807) is 18.2 Å². The molecule has 0 radical (unpaired) electrons. The number of rotatable bonds is 7. The van der Waals surface area contributed by atoms with Crippen molar-refractivity contribution in [3.8, 4) is 17.3 Å².